The Morgan fingerprint density at radius 3 is 2.41 bits per heavy atom. The standard InChI is InChI=1S/C13H15FO3/c1-3-17-13(16)9(2)12(15)8-10-4-6-11(14)7-5-10/h4-7,9H,3,8H2,1-2H3. The Morgan fingerprint density at radius 1 is 1.29 bits per heavy atom. The minimum absolute atomic E-state index is 0.111. The molecule has 0 radical (unpaired) electrons. The first kappa shape index (κ1) is 13.4. The number of ketones is 1. The quantitative estimate of drug-likeness (QED) is 0.583. The van der Waals surface area contributed by atoms with Crippen LogP contribution in [0.4, 0.5) is 4.39 Å². The molecule has 17 heavy (non-hydrogen) atoms. The van der Waals surface area contributed by atoms with Crippen LogP contribution in [-0.2, 0) is 20.7 Å². The molecule has 1 atom stereocenters. The highest BCUT2D eigenvalue weighted by Crippen LogP contribution is 2.09. The number of hydrogen-bond donors (Lipinski definition) is 0. The fourth-order valence-corrected chi connectivity index (χ4v) is 1.36. The van der Waals surface area contributed by atoms with Crippen LogP contribution < -0.4 is 0 Å². The Kier molecular flexibility index (Phi) is 4.82. The van der Waals surface area contributed by atoms with Gasteiger partial charge in [0.15, 0.2) is 5.78 Å². The van der Waals surface area contributed by atoms with Crippen molar-refractivity contribution in [2.45, 2.75) is 20.3 Å². The average molecular weight is 238 g/mol. The lowest BCUT2D eigenvalue weighted by atomic mass is 9.99. The third kappa shape index (κ3) is 3.98. The number of Topliss-reactive ketones (excluding diaryl/α,β-unsaturated/α-hetero) is 1. The van der Waals surface area contributed by atoms with Crippen molar-refractivity contribution < 1.29 is 18.7 Å². The van der Waals surface area contributed by atoms with Gasteiger partial charge in [-0.1, -0.05) is 12.1 Å². The van der Waals surface area contributed by atoms with Gasteiger partial charge in [0.25, 0.3) is 0 Å². The molecule has 1 rings (SSSR count). The van der Waals surface area contributed by atoms with Gasteiger partial charge in [0.05, 0.1) is 6.61 Å². The zero-order chi connectivity index (χ0) is 12.8. The monoisotopic (exact) mass is 238 g/mol. The molecule has 0 bridgehead atoms. The van der Waals surface area contributed by atoms with Crippen molar-refractivity contribution in [3.05, 3.63) is 35.6 Å². The third-order valence-electron chi connectivity index (χ3n) is 2.41. The van der Waals surface area contributed by atoms with Crippen LogP contribution >= 0.6 is 0 Å². The molecular weight excluding hydrogens is 223 g/mol. The van der Waals surface area contributed by atoms with Crippen molar-refractivity contribution >= 4 is 11.8 Å². The predicted octanol–water partition coefficient (Wildman–Crippen LogP) is 2.14. The molecule has 0 aliphatic rings. The fourth-order valence-electron chi connectivity index (χ4n) is 1.36. The molecule has 92 valence electrons. The van der Waals surface area contributed by atoms with Gasteiger partial charge >= 0.3 is 5.97 Å². The maximum absolute atomic E-state index is 12.7. The van der Waals surface area contributed by atoms with E-state index in [1.807, 2.05) is 0 Å². The minimum Gasteiger partial charge on any atom is -0.465 e. The summed E-state index contributed by atoms with van der Waals surface area (Å²) < 4.78 is 17.4. The van der Waals surface area contributed by atoms with E-state index in [2.05, 4.69) is 0 Å². The summed E-state index contributed by atoms with van der Waals surface area (Å²) >= 11 is 0. The summed E-state index contributed by atoms with van der Waals surface area (Å²) in [6, 6.07) is 5.64. The molecular formula is C13H15FO3. The first-order valence-electron chi connectivity index (χ1n) is 5.48. The Labute approximate surface area is 99.6 Å². The smallest absolute Gasteiger partial charge is 0.316 e. The second-order valence-corrected chi connectivity index (χ2v) is 3.74. The SMILES string of the molecule is CCOC(=O)C(C)C(=O)Cc1ccc(F)cc1. The van der Waals surface area contributed by atoms with Gasteiger partial charge in [-0.3, -0.25) is 9.59 Å². The van der Waals surface area contributed by atoms with Crippen LogP contribution in [0, 0.1) is 11.7 Å². The molecule has 4 heteroatoms. The lowest BCUT2D eigenvalue weighted by Crippen LogP contribution is -2.24. The van der Waals surface area contributed by atoms with E-state index in [1.165, 1.54) is 31.2 Å². The largest absolute Gasteiger partial charge is 0.465 e. The Bertz CT molecular complexity index is 398. The van der Waals surface area contributed by atoms with Gasteiger partial charge in [0.1, 0.15) is 11.7 Å². The van der Waals surface area contributed by atoms with E-state index in [4.69, 9.17) is 4.74 Å². The highest BCUT2D eigenvalue weighted by Gasteiger charge is 2.22. The zero-order valence-corrected chi connectivity index (χ0v) is 9.90. The minimum atomic E-state index is -0.778. The lowest BCUT2D eigenvalue weighted by molar-refractivity contribution is -0.150. The highest BCUT2D eigenvalue weighted by molar-refractivity contribution is 5.99. The van der Waals surface area contributed by atoms with Crippen LogP contribution in [0.3, 0.4) is 0 Å². The van der Waals surface area contributed by atoms with Gasteiger partial charge < -0.3 is 4.74 Å². The van der Waals surface area contributed by atoms with Gasteiger partial charge in [-0.15, -0.1) is 0 Å². The summed E-state index contributed by atoms with van der Waals surface area (Å²) in [5.41, 5.74) is 0.688. The molecule has 1 aromatic rings. The van der Waals surface area contributed by atoms with E-state index in [-0.39, 0.29) is 24.6 Å². The molecule has 1 aromatic carbocycles. The number of benzene rings is 1. The maximum Gasteiger partial charge on any atom is 0.316 e. The molecule has 0 fully saturated rings. The van der Waals surface area contributed by atoms with Crippen molar-refractivity contribution in [2.75, 3.05) is 6.61 Å². The average Bonchev–Trinajstić information content (AvgIpc) is 2.31. The summed E-state index contributed by atoms with van der Waals surface area (Å²) in [7, 11) is 0. The van der Waals surface area contributed by atoms with Crippen LogP contribution in [0.2, 0.25) is 0 Å². The number of rotatable bonds is 5. The molecule has 3 nitrogen and oxygen atoms in total. The number of carbonyl (C=O) groups excluding carboxylic acids is 2. The molecule has 0 aromatic heterocycles. The van der Waals surface area contributed by atoms with Crippen molar-refractivity contribution in [3.63, 3.8) is 0 Å². The Hall–Kier alpha value is -1.71. The Morgan fingerprint density at radius 2 is 1.88 bits per heavy atom. The van der Waals surface area contributed by atoms with E-state index in [1.54, 1.807) is 6.92 Å². The van der Waals surface area contributed by atoms with E-state index >= 15 is 0 Å². The number of halogens is 1. The summed E-state index contributed by atoms with van der Waals surface area (Å²) in [4.78, 5) is 23.0. The molecule has 1 unspecified atom stereocenters. The number of esters is 1. The summed E-state index contributed by atoms with van der Waals surface area (Å²) in [6.07, 6.45) is 0.111. The van der Waals surface area contributed by atoms with Gasteiger partial charge in [-0.25, -0.2) is 4.39 Å². The summed E-state index contributed by atoms with van der Waals surface area (Å²) in [5.74, 6) is -1.87. The first-order chi connectivity index (χ1) is 8.04. The van der Waals surface area contributed by atoms with Crippen molar-refractivity contribution in [1.82, 2.24) is 0 Å². The van der Waals surface area contributed by atoms with Crippen LogP contribution in [0.5, 0.6) is 0 Å². The number of carbonyl (C=O) groups is 2. The lowest BCUT2D eigenvalue weighted by Gasteiger charge is -2.09. The van der Waals surface area contributed by atoms with Crippen LogP contribution in [0.1, 0.15) is 19.4 Å². The van der Waals surface area contributed by atoms with Crippen molar-refractivity contribution in [2.24, 2.45) is 5.92 Å². The van der Waals surface area contributed by atoms with E-state index in [9.17, 15) is 14.0 Å². The zero-order valence-electron chi connectivity index (χ0n) is 9.90. The molecule has 0 aliphatic heterocycles. The van der Waals surface area contributed by atoms with Crippen LogP contribution in [0.15, 0.2) is 24.3 Å². The summed E-state index contributed by atoms with van der Waals surface area (Å²) in [5, 5.41) is 0. The highest BCUT2D eigenvalue weighted by atomic mass is 19.1. The third-order valence-corrected chi connectivity index (χ3v) is 2.41. The van der Waals surface area contributed by atoms with E-state index < -0.39 is 11.9 Å². The molecule has 0 amide bonds. The maximum atomic E-state index is 12.7. The first-order valence-corrected chi connectivity index (χ1v) is 5.48. The van der Waals surface area contributed by atoms with Gasteiger partial charge in [-0.2, -0.15) is 0 Å². The molecule has 0 saturated carbocycles. The predicted molar refractivity (Wildman–Crippen MR) is 60.9 cm³/mol. The van der Waals surface area contributed by atoms with Crippen molar-refractivity contribution in [1.29, 1.82) is 0 Å². The Balaban J connectivity index is 2.59. The van der Waals surface area contributed by atoms with Crippen LogP contribution in [0.25, 0.3) is 0 Å². The molecule has 0 aliphatic carbocycles. The van der Waals surface area contributed by atoms with Crippen molar-refractivity contribution in [3.8, 4) is 0 Å². The number of hydrogen-bond acceptors (Lipinski definition) is 3. The number of ether oxygens (including phenoxy) is 1. The van der Waals surface area contributed by atoms with E-state index in [0.717, 1.165) is 0 Å². The van der Waals surface area contributed by atoms with Gasteiger partial charge in [0, 0.05) is 6.42 Å². The topological polar surface area (TPSA) is 43.4 Å². The normalized spacial score (nSPS) is 11.9. The summed E-state index contributed by atoms with van der Waals surface area (Å²) in [6.45, 7) is 3.46. The second-order valence-electron chi connectivity index (χ2n) is 3.74. The van der Waals surface area contributed by atoms with Crippen LogP contribution in [-0.4, -0.2) is 18.4 Å². The fraction of sp³-hybridized carbons (Fsp3) is 0.385. The molecule has 0 saturated heterocycles. The molecule has 0 N–H and O–H groups in total. The molecule has 0 spiro atoms. The second kappa shape index (κ2) is 6.13. The molecule has 0 heterocycles. The van der Waals surface area contributed by atoms with E-state index in [0.29, 0.717) is 5.56 Å². The van der Waals surface area contributed by atoms with Gasteiger partial charge in [-0.05, 0) is 31.5 Å². The van der Waals surface area contributed by atoms with Gasteiger partial charge in [0.2, 0.25) is 0 Å².